The molecule has 0 aliphatic heterocycles. The first kappa shape index (κ1) is 28.0. The highest BCUT2D eigenvalue weighted by molar-refractivity contribution is 9.10. The number of carbonyl (C=O) groups is 2. The molecule has 190 valence electrons. The molecule has 3 aromatic carbocycles. The first-order valence-corrected chi connectivity index (χ1v) is 11.8. The standard InChI is InChI=1S/C23H15BrCl3F4N3O2/c24-15-4-10(28)3-9(19(15)30)7-23(26,27)8-17(35)34-11-5-13(18(25)14(6-11)22(33)36)12-1-2-16(29)21(32)20(12)31/h1-6H,7-8,32H2,(H2,33,36)(H,34,35). The van der Waals surface area contributed by atoms with Crippen molar-refractivity contribution in [1.82, 2.24) is 0 Å². The molecule has 0 radical (unpaired) electrons. The van der Waals surface area contributed by atoms with E-state index in [1.165, 1.54) is 6.07 Å². The molecule has 0 heterocycles. The van der Waals surface area contributed by atoms with Crippen molar-refractivity contribution in [2.24, 2.45) is 5.73 Å². The zero-order valence-corrected chi connectivity index (χ0v) is 21.7. The molecule has 0 fully saturated rings. The molecule has 0 unspecified atom stereocenters. The van der Waals surface area contributed by atoms with Crippen molar-refractivity contribution in [3.63, 3.8) is 0 Å². The summed E-state index contributed by atoms with van der Waals surface area (Å²) in [5.74, 6) is -5.47. The van der Waals surface area contributed by atoms with Crippen LogP contribution < -0.4 is 16.8 Å². The van der Waals surface area contributed by atoms with Crippen LogP contribution in [0, 0.1) is 23.3 Å². The minimum absolute atomic E-state index is 0.0562. The molecule has 5 N–H and O–H groups in total. The van der Waals surface area contributed by atoms with Crippen LogP contribution in [0.4, 0.5) is 28.9 Å². The maximum absolute atomic E-state index is 14.7. The quantitative estimate of drug-likeness (QED) is 0.117. The number of hydrogen-bond acceptors (Lipinski definition) is 3. The lowest BCUT2D eigenvalue weighted by atomic mass is 9.99. The van der Waals surface area contributed by atoms with E-state index in [0.29, 0.717) is 0 Å². The van der Waals surface area contributed by atoms with Crippen LogP contribution in [0.3, 0.4) is 0 Å². The van der Waals surface area contributed by atoms with Gasteiger partial charge in [0.2, 0.25) is 11.8 Å². The summed E-state index contributed by atoms with van der Waals surface area (Å²) in [4.78, 5) is 24.6. The van der Waals surface area contributed by atoms with Gasteiger partial charge in [0.1, 0.15) is 27.5 Å². The Morgan fingerprint density at radius 3 is 2.31 bits per heavy atom. The van der Waals surface area contributed by atoms with Crippen LogP contribution in [0.5, 0.6) is 0 Å². The van der Waals surface area contributed by atoms with Gasteiger partial charge in [-0.15, -0.1) is 23.2 Å². The molecule has 0 aliphatic carbocycles. The molecule has 5 nitrogen and oxygen atoms in total. The zero-order valence-electron chi connectivity index (χ0n) is 17.9. The van der Waals surface area contributed by atoms with E-state index >= 15 is 0 Å². The minimum atomic E-state index is -1.86. The first-order valence-electron chi connectivity index (χ1n) is 9.88. The summed E-state index contributed by atoms with van der Waals surface area (Å²) in [6.07, 6.45) is -1.02. The Kier molecular flexibility index (Phi) is 8.44. The average Bonchev–Trinajstić information content (AvgIpc) is 2.76. The number of amides is 2. The molecule has 36 heavy (non-hydrogen) atoms. The smallest absolute Gasteiger partial charge is 0.250 e. The van der Waals surface area contributed by atoms with E-state index in [4.69, 9.17) is 46.3 Å². The molecule has 3 aromatic rings. The number of halogens is 8. The van der Waals surface area contributed by atoms with E-state index in [9.17, 15) is 27.2 Å². The van der Waals surface area contributed by atoms with E-state index in [1.807, 2.05) is 0 Å². The molecule has 0 bridgehead atoms. The third kappa shape index (κ3) is 6.23. The van der Waals surface area contributed by atoms with Gasteiger partial charge in [-0.3, -0.25) is 9.59 Å². The number of nitrogens with two attached hydrogens (primary N) is 2. The van der Waals surface area contributed by atoms with Gasteiger partial charge in [0.25, 0.3) is 0 Å². The Morgan fingerprint density at radius 2 is 1.67 bits per heavy atom. The van der Waals surface area contributed by atoms with Gasteiger partial charge in [-0.25, -0.2) is 17.6 Å². The number of alkyl halides is 2. The Bertz CT molecular complexity index is 1390. The number of hydrogen-bond donors (Lipinski definition) is 3. The van der Waals surface area contributed by atoms with E-state index in [1.54, 1.807) is 0 Å². The molecule has 2 amide bonds. The summed E-state index contributed by atoms with van der Waals surface area (Å²) >= 11 is 21.5. The van der Waals surface area contributed by atoms with Crippen LogP contribution in [0.2, 0.25) is 5.02 Å². The van der Waals surface area contributed by atoms with E-state index in [-0.39, 0.29) is 37.4 Å². The Morgan fingerprint density at radius 1 is 1.00 bits per heavy atom. The predicted octanol–water partition coefficient (Wildman–Crippen LogP) is 6.75. The highest BCUT2D eigenvalue weighted by Crippen LogP contribution is 2.38. The van der Waals surface area contributed by atoms with E-state index < -0.39 is 57.9 Å². The summed E-state index contributed by atoms with van der Waals surface area (Å²) < 4.78 is 54.2. The van der Waals surface area contributed by atoms with Crippen LogP contribution in [0.25, 0.3) is 11.1 Å². The topological polar surface area (TPSA) is 98.2 Å². The van der Waals surface area contributed by atoms with Crippen molar-refractivity contribution in [3.8, 4) is 11.1 Å². The summed E-state index contributed by atoms with van der Waals surface area (Å²) in [6, 6.07) is 6.10. The molecular weight excluding hydrogens is 613 g/mol. The molecule has 0 saturated carbocycles. The van der Waals surface area contributed by atoms with Crippen molar-refractivity contribution in [2.75, 3.05) is 11.1 Å². The normalized spacial score (nSPS) is 11.4. The van der Waals surface area contributed by atoms with Gasteiger partial charge in [-0.1, -0.05) is 11.6 Å². The van der Waals surface area contributed by atoms with Gasteiger partial charge in [-0.2, -0.15) is 0 Å². The van der Waals surface area contributed by atoms with Crippen LogP contribution in [0.1, 0.15) is 22.3 Å². The molecule has 13 heteroatoms. The third-order valence-corrected chi connectivity index (χ3v) is 6.49. The summed E-state index contributed by atoms with van der Waals surface area (Å²) in [5, 5.41) is 2.16. The Labute approximate surface area is 225 Å². The number of benzene rings is 3. The van der Waals surface area contributed by atoms with Crippen LogP contribution in [-0.4, -0.2) is 16.1 Å². The number of carbonyl (C=O) groups excluding carboxylic acids is 2. The maximum atomic E-state index is 14.7. The first-order chi connectivity index (χ1) is 16.7. The largest absolute Gasteiger partial charge is 0.394 e. The number of anilines is 2. The lowest BCUT2D eigenvalue weighted by Gasteiger charge is -2.20. The SMILES string of the molecule is NC(=O)c1cc(NC(=O)CC(Cl)(Cl)Cc2cc(F)cc(Br)c2F)cc(-c2ccc(F)c(N)c2F)c1Cl. The van der Waals surface area contributed by atoms with Gasteiger partial charge >= 0.3 is 0 Å². The molecule has 0 spiro atoms. The summed E-state index contributed by atoms with van der Waals surface area (Å²) in [5.41, 5.74) is 9.12. The maximum Gasteiger partial charge on any atom is 0.250 e. The lowest BCUT2D eigenvalue weighted by molar-refractivity contribution is -0.116. The van der Waals surface area contributed by atoms with Gasteiger partial charge < -0.3 is 16.8 Å². The molecular formula is C23H15BrCl3F4N3O2. The fraction of sp³-hybridized carbons (Fsp3) is 0.130. The second-order valence-corrected chi connectivity index (χ2v) is 10.6. The fourth-order valence-electron chi connectivity index (χ4n) is 3.37. The number of primary amides is 1. The summed E-state index contributed by atoms with van der Waals surface area (Å²) in [7, 11) is 0. The van der Waals surface area contributed by atoms with Gasteiger partial charge in [0, 0.05) is 23.2 Å². The van der Waals surface area contributed by atoms with Crippen molar-refractivity contribution in [2.45, 2.75) is 17.2 Å². The molecule has 0 saturated heterocycles. The predicted molar refractivity (Wildman–Crippen MR) is 135 cm³/mol. The number of rotatable bonds is 7. The van der Waals surface area contributed by atoms with Crippen molar-refractivity contribution >= 4 is 73.9 Å². The Hall–Kier alpha value is -2.53. The zero-order chi connectivity index (χ0) is 26.9. The number of nitrogens with one attached hydrogen (secondary N) is 1. The summed E-state index contributed by atoms with van der Waals surface area (Å²) in [6.45, 7) is 0. The van der Waals surface area contributed by atoms with Crippen molar-refractivity contribution in [3.05, 3.63) is 80.3 Å². The second kappa shape index (κ2) is 10.8. The highest BCUT2D eigenvalue weighted by atomic mass is 79.9. The Balaban J connectivity index is 1.91. The van der Waals surface area contributed by atoms with Gasteiger partial charge in [0.05, 0.1) is 21.5 Å². The molecule has 3 rings (SSSR count). The monoisotopic (exact) mass is 625 g/mol. The molecule has 0 atom stereocenters. The fourth-order valence-corrected chi connectivity index (χ4v) is 4.68. The van der Waals surface area contributed by atoms with E-state index in [2.05, 4.69) is 21.2 Å². The highest BCUT2D eigenvalue weighted by Gasteiger charge is 2.30. The van der Waals surface area contributed by atoms with Gasteiger partial charge in [-0.05, 0) is 57.9 Å². The average molecular weight is 628 g/mol. The number of nitrogen functional groups attached to an aromatic ring is 1. The minimum Gasteiger partial charge on any atom is -0.394 e. The van der Waals surface area contributed by atoms with Crippen LogP contribution in [-0.2, 0) is 11.2 Å². The van der Waals surface area contributed by atoms with Crippen LogP contribution >= 0.6 is 50.7 Å². The lowest BCUT2D eigenvalue weighted by Crippen LogP contribution is -2.26. The van der Waals surface area contributed by atoms with Crippen LogP contribution in [0.15, 0.2) is 40.9 Å². The van der Waals surface area contributed by atoms with E-state index in [0.717, 1.165) is 30.3 Å². The van der Waals surface area contributed by atoms with Crippen molar-refractivity contribution < 1.29 is 27.2 Å². The molecule has 0 aromatic heterocycles. The second-order valence-electron chi connectivity index (χ2n) is 7.69. The molecule has 0 aliphatic rings. The third-order valence-electron chi connectivity index (χ3n) is 4.98. The van der Waals surface area contributed by atoms with Gasteiger partial charge in [0.15, 0.2) is 5.82 Å². The van der Waals surface area contributed by atoms with Crippen molar-refractivity contribution in [1.29, 1.82) is 0 Å².